The lowest BCUT2D eigenvalue weighted by molar-refractivity contribution is 0.0531. The summed E-state index contributed by atoms with van der Waals surface area (Å²) < 4.78 is 33.2. The number of sulfonamides is 1. The second-order valence-electron chi connectivity index (χ2n) is 8.02. The average molecular weight is 508 g/mol. The second kappa shape index (κ2) is 9.49. The summed E-state index contributed by atoms with van der Waals surface area (Å²) in [7, 11) is -3.57. The van der Waals surface area contributed by atoms with Gasteiger partial charge >= 0.3 is 5.97 Å². The number of carbonyl (C=O) groups is 2. The molecule has 1 atom stereocenters. The molecule has 3 aromatic rings. The van der Waals surface area contributed by atoms with Crippen LogP contribution in [0, 0.1) is 12.8 Å². The number of carbonyl (C=O) groups excluding carboxylic acids is 2. The van der Waals surface area contributed by atoms with E-state index >= 15 is 0 Å². The van der Waals surface area contributed by atoms with Crippen molar-refractivity contribution in [3.8, 4) is 0 Å². The number of aryl methyl sites for hydroxylation is 1. The number of nitrogens with zero attached hydrogens (tertiary/aromatic N) is 2. The number of thiazole rings is 1. The van der Waals surface area contributed by atoms with Crippen LogP contribution in [-0.4, -0.2) is 49.3 Å². The van der Waals surface area contributed by atoms with Gasteiger partial charge in [-0.3, -0.25) is 10.1 Å². The molecule has 4 rings (SSSR count). The quantitative estimate of drug-likeness (QED) is 0.492. The van der Waals surface area contributed by atoms with Gasteiger partial charge in [0.05, 0.1) is 16.2 Å². The van der Waals surface area contributed by atoms with E-state index in [1.165, 1.54) is 51.2 Å². The Balaban J connectivity index is 1.47. The van der Waals surface area contributed by atoms with Gasteiger partial charge < -0.3 is 4.74 Å². The molecule has 0 radical (unpaired) electrons. The number of nitrogens with one attached hydrogen (secondary N) is 1. The van der Waals surface area contributed by atoms with E-state index in [-0.39, 0.29) is 16.8 Å². The molecule has 3 heterocycles. The zero-order chi connectivity index (χ0) is 23.8. The number of esters is 1. The Morgan fingerprint density at radius 2 is 1.97 bits per heavy atom. The number of fused-ring (bicyclic) bond motifs is 1. The zero-order valence-electron chi connectivity index (χ0n) is 18.6. The number of piperidine rings is 1. The first-order chi connectivity index (χ1) is 15.7. The molecule has 0 aliphatic carbocycles. The summed E-state index contributed by atoms with van der Waals surface area (Å²) >= 11 is 2.52. The normalized spacial score (nSPS) is 17.2. The Morgan fingerprint density at radius 3 is 2.61 bits per heavy atom. The molecule has 1 fully saturated rings. The van der Waals surface area contributed by atoms with Gasteiger partial charge in [0, 0.05) is 18.7 Å². The van der Waals surface area contributed by atoms with Crippen LogP contribution in [0.4, 0.5) is 5.13 Å². The van der Waals surface area contributed by atoms with Crippen molar-refractivity contribution in [3.63, 3.8) is 0 Å². The summed E-state index contributed by atoms with van der Waals surface area (Å²) in [6.07, 6.45) is 1.89. The van der Waals surface area contributed by atoms with Gasteiger partial charge in [0.2, 0.25) is 10.0 Å². The van der Waals surface area contributed by atoms with E-state index < -0.39 is 10.0 Å². The largest absolute Gasteiger partial charge is 0.462 e. The Morgan fingerprint density at radius 1 is 1.24 bits per heavy atom. The zero-order valence-corrected chi connectivity index (χ0v) is 21.0. The molecular formula is C22H25N3O5S3. The standard InChI is InChI=1S/C22H25N3O5S3/c1-4-30-21(27)18-14(3)17-20(31-18)24-22(32-17)23-19(26)15-7-9-16(10-8-15)33(28,29)25-11-5-6-13(2)12-25/h7-10,13H,4-6,11-12H2,1-3H3,(H,23,24,26)/t13-/m1/s1. The molecule has 1 aliphatic rings. The van der Waals surface area contributed by atoms with Crippen molar-refractivity contribution in [1.29, 1.82) is 0 Å². The molecule has 1 saturated heterocycles. The average Bonchev–Trinajstić information content (AvgIpc) is 3.32. The third kappa shape index (κ3) is 4.81. The van der Waals surface area contributed by atoms with E-state index in [0.717, 1.165) is 23.1 Å². The maximum Gasteiger partial charge on any atom is 0.348 e. The summed E-state index contributed by atoms with van der Waals surface area (Å²) in [4.78, 5) is 30.5. The molecule has 0 saturated carbocycles. The van der Waals surface area contributed by atoms with Gasteiger partial charge in [0.15, 0.2) is 5.13 Å². The van der Waals surface area contributed by atoms with Crippen LogP contribution in [0.25, 0.3) is 9.53 Å². The lowest BCUT2D eigenvalue weighted by Crippen LogP contribution is -2.39. The minimum Gasteiger partial charge on any atom is -0.462 e. The Bertz CT molecular complexity index is 1290. The molecule has 0 unspecified atom stereocenters. The molecule has 1 N–H and O–H groups in total. The fourth-order valence-electron chi connectivity index (χ4n) is 3.79. The number of rotatable bonds is 6. The van der Waals surface area contributed by atoms with E-state index in [4.69, 9.17) is 4.74 Å². The maximum absolute atomic E-state index is 12.9. The van der Waals surface area contributed by atoms with Crippen LogP contribution in [0.3, 0.4) is 0 Å². The van der Waals surface area contributed by atoms with Crippen LogP contribution in [0.5, 0.6) is 0 Å². The molecule has 11 heteroatoms. The van der Waals surface area contributed by atoms with Crippen LogP contribution in [0.15, 0.2) is 29.2 Å². The Labute approximate surface area is 200 Å². The molecule has 1 amide bonds. The summed E-state index contributed by atoms with van der Waals surface area (Å²) in [5.74, 6) is -0.413. The predicted octanol–water partition coefficient (Wildman–Crippen LogP) is 4.52. The van der Waals surface area contributed by atoms with E-state index in [1.807, 2.05) is 6.92 Å². The van der Waals surface area contributed by atoms with Crippen molar-refractivity contribution >= 4 is 59.2 Å². The lowest BCUT2D eigenvalue weighted by atomic mass is 10.0. The minimum atomic E-state index is -3.57. The van der Waals surface area contributed by atoms with Crippen molar-refractivity contribution in [2.45, 2.75) is 38.5 Å². The fraction of sp³-hybridized carbons (Fsp3) is 0.409. The molecule has 2 aromatic heterocycles. The van der Waals surface area contributed by atoms with Gasteiger partial charge in [-0.15, -0.1) is 11.3 Å². The first kappa shape index (κ1) is 23.8. The van der Waals surface area contributed by atoms with Crippen LogP contribution in [0.2, 0.25) is 0 Å². The van der Waals surface area contributed by atoms with Crippen LogP contribution < -0.4 is 5.32 Å². The van der Waals surface area contributed by atoms with Crippen LogP contribution in [-0.2, 0) is 14.8 Å². The summed E-state index contributed by atoms with van der Waals surface area (Å²) in [6.45, 7) is 6.98. The number of hydrogen-bond acceptors (Lipinski definition) is 8. The summed E-state index contributed by atoms with van der Waals surface area (Å²) in [5, 5.41) is 3.18. The molecule has 8 nitrogen and oxygen atoms in total. The molecule has 33 heavy (non-hydrogen) atoms. The van der Waals surface area contributed by atoms with Gasteiger partial charge in [0.1, 0.15) is 9.71 Å². The minimum absolute atomic E-state index is 0.185. The monoisotopic (exact) mass is 507 g/mol. The molecule has 1 aromatic carbocycles. The first-order valence-corrected chi connectivity index (χ1v) is 13.8. The van der Waals surface area contributed by atoms with Crippen molar-refractivity contribution in [1.82, 2.24) is 9.29 Å². The Kier molecular flexibility index (Phi) is 6.85. The smallest absolute Gasteiger partial charge is 0.348 e. The topological polar surface area (TPSA) is 106 Å². The maximum atomic E-state index is 12.9. The molecule has 176 valence electrons. The summed E-state index contributed by atoms with van der Waals surface area (Å²) in [6, 6.07) is 5.96. The number of benzene rings is 1. The fourth-order valence-corrected chi connectivity index (χ4v) is 7.60. The third-order valence-electron chi connectivity index (χ3n) is 5.53. The third-order valence-corrected chi connectivity index (χ3v) is 9.80. The predicted molar refractivity (Wildman–Crippen MR) is 130 cm³/mol. The van der Waals surface area contributed by atoms with E-state index in [2.05, 4.69) is 17.2 Å². The highest BCUT2D eigenvalue weighted by Gasteiger charge is 2.28. The SMILES string of the molecule is CCOC(=O)c1sc2nc(NC(=O)c3ccc(S(=O)(=O)N4CCC[C@@H](C)C4)cc3)sc2c1C. The molecule has 1 aliphatic heterocycles. The van der Waals surface area contributed by atoms with E-state index in [0.29, 0.717) is 46.0 Å². The summed E-state index contributed by atoms with van der Waals surface area (Å²) in [5.41, 5.74) is 1.12. The molecule has 0 spiro atoms. The van der Waals surface area contributed by atoms with E-state index in [9.17, 15) is 18.0 Å². The first-order valence-electron chi connectivity index (χ1n) is 10.7. The lowest BCUT2D eigenvalue weighted by Gasteiger charge is -2.30. The highest BCUT2D eigenvalue weighted by molar-refractivity contribution is 7.89. The van der Waals surface area contributed by atoms with Crippen molar-refractivity contribution in [3.05, 3.63) is 40.3 Å². The number of anilines is 1. The molecule has 0 bridgehead atoms. The number of ether oxygens (including phenoxy) is 1. The van der Waals surface area contributed by atoms with Crippen LogP contribution in [0.1, 0.15) is 52.3 Å². The number of thiophene rings is 1. The number of aromatic nitrogens is 1. The van der Waals surface area contributed by atoms with Gasteiger partial charge in [-0.05, 0) is 62.4 Å². The van der Waals surface area contributed by atoms with Crippen molar-refractivity contribution in [2.24, 2.45) is 5.92 Å². The van der Waals surface area contributed by atoms with E-state index in [1.54, 1.807) is 6.92 Å². The van der Waals surface area contributed by atoms with Crippen molar-refractivity contribution < 1.29 is 22.7 Å². The number of amides is 1. The highest BCUT2D eigenvalue weighted by atomic mass is 32.2. The van der Waals surface area contributed by atoms with Gasteiger partial charge in [-0.2, -0.15) is 4.31 Å². The second-order valence-corrected chi connectivity index (χ2v) is 12.0. The van der Waals surface area contributed by atoms with Gasteiger partial charge in [0.25, 0.3) is 5.91 Å². The van der Waals surface area contributed by atoms with Crippen LogP contribution >= 0.6 is 22.7 Å². The Hall–Kier alpha value is -2.34. The number of hydrogen-bond donors (Lipinski definition) is 1. The van der Waals surface area contributed by atoms with Gasteiger partial charge in [-0.1, -0.05) is 18.3 Å². The van der Waals surface area contributed by atoms with Crippen molar-refractivity contribution in [2.75, 3.05) is 25.0 Å². The van der Waals surface area contributed by atoms with Gasteiger partial charge in [-0.25, -0.2) is 18.2 Å². The molecular weight excluding hydrogens is 482 g/mol. The highest BCUT2D eigenvalue weighted by Crippen LogP contribution is 2.37.